The Morgan fingerprint density at radius 1 is 1.10 bits per heavy atom. The number of nitrogens with one attached hydrogen (secondary N) is 1. The van der Waals surface area contributed by atoms with E-state index in [9.17, 15) is 0 Å². The Balaban J connectivity index is 1.44. The fourth-order valence-corrected chi connectivity index (χ4v) is 2.99. The monoisotopic (exact) mass is 285 g/mol. The average molecular weight is 285 g/mol. The van der Waals surface area contributed by atoms with Crippen LogP contribution in [0, 0.1) is 5.92 Å². The zero-order valence-electron chi connectivity index (χ0n) is 12.4. The minimum Gasteiger partial charge on any atom is -0.338 e. The Bertz CT molecular complexity index is 532. The smallest absolute Gasteiger partial charge is 0.240 e. The molecule has 1 aliphatic carbocycles. The van der Waals surface area contributed by atoms with Gasteiger partial charge in [0.2, 0.25) is 5.89 Å². The van der Waals surface area contributed by atoms with Crippen LogP contribution in [0.5, 0.6) is 0 Å². The molecule has 0 atom stereocenters. The second-order valence-electron chi connectivity index (χ2n) is 5.90. The molecule has 1 fully saturated rings. The van der Waals surface area contributed by atoms with Gasteiger partial charge in [-0.3, -0.25) is 0 Å². The third-order valence-corrected chi connectivity index (χ3v) is 4.15. The van der Waals surface area contributed by atoms with Crippen molar-refractivity contribution >= 4 is 0 Å². The number of hydrogen-bond donors (Lipinski definition) is 1. The summed E-state index contributed by atoms with van der Waals surface area (Å²) in [5.74, 6) is 2.28. The normalized spacial score (nSPS) is 16.2. The zero-order chi connectivity index (χ0) is 14.3. The van der Waals surface area contributed by atoms with Crippen LogP contribution in [0.1, 0.15) is 49.4 Å². The molecule has 21 heavy (non-hydrogen) atoms. The van der Waals surface area contributed by atoms with Crippen molar-refractivity contribution in [1.82, 2.24) is 15.5 Å². The first-order valence-corrected chi connectivity index (χ1v) is 7.96. The second kappa shape index (κ2) is 7.36. The van der Waals surface area contributed by atoms with E-state index in [0.29, 0.717) is 12.4 Å². The molecule has 1 heterocycles. The predicted molar refractivity (Wildman–Crippen MR) is 81.8 cm³/mol. The first-order chi connectivity index (χ1) is 10.4. The molecule has 4 nitrogen and oxygen atoms in total. The van der Waals surface area contributed by atoms with Crippen LogP contribution in [0.25, 0.3) is 0 Å². The van der Waals surface area contributed by atoms with E-state index in [0.717, 1.165) is 24.7 Å². The number of nitrogens with zero attached hydrogens (tertiary/aromatic N) is 2. The topological polar surface area (TPSA) is 51.0 Å². The third-order valence-electron chi connectivity index (χ3n) is 4.15. The van der Waals surface area contributed by atoms with Gasteiger partial charge in [-0.2, -0.15) is 4.98 Å². The summed E-state index contributed by atoms with van der Waals surface area (Å²) in [4.78, 5) is 4.45. The summed E-state index contributed by atoms with van der Waals surface area (Å²) in [7, 11) is 0. The van der Waals surface area contributed by atoms with Crippen molar-refractivity contribution in [2.75, 3.05) is 6.54 Å². The van der Waals surface area contributed by atoms with E-state index in [-0.39, 0.29) is 0 Å². The lowest BCUT2D eigenvalue weighted by atomic mass is 9.89. The van der Waals surface area contributed by atoms with Gasteiger partial charge in [0, 0.05) is 6.42 Å². The van der Waals surface area contributed by atoms with Crippen LogP contribution >= 0.6 is 0 Å². The van der Waals surface area contributed by atoms with Crippen molar-refractivity contribution in [2.24, 2.45) is 5.92 Å². The zero-order valence-corrected chi connectivity index (χ0v) is 12.4. The third kappa shape index (κ3) is 4.39. The van der Waals surface area contributed by atoms with Gasteiger partial charge in [0.1, 0.15) is 0 Å². The molecule has 4 heteroatoms. The fraction of sp³-hybridized carbons (Fsp3) is 0.529. The molecule has 1 aromatic heterocycles. The number of hydrogen-bond acceptors (Lipinski definition) is 4. The highest BCUT2D eigenvalue weighted by Gasteiger charge is 2.13. The molecule has 0 radical (unpaired) electrons. The highest BCUT2D eigenvalue weighted by Crippen LogP contribution is 2.22. The molecule has 1 saturated carbocycles. The summed E-state index contributed by atoms with van der Waals surface area (Å²) in [5.41, 5.74) is 1.21. The maximum absolute atomic E-state index is 5.30. The standard InChI is InChI=1S/C17H23N3O/c1-3-7-14(8-4-1)11-16-19-17(21-20-16)13-18-12-15-9-5-2-6-10-15/h1,3-4,7-8,15,18H,2,5-6,9-13H2. The molecule has 0 aliphatic heterocycles. The van der Waals surface area contributed by atoms with Crippen molar-refractivity contribution in [1.29, 1.82) is 0 Å². The maximum Gasteiger partial charge on any atom is 0.240 e. The first kappa shape index (κ1) is 14.3. The van der Waals surface area contributed by atoms with Crippen LogP contribution in [0.4, 0.5) is 0 Å². The van der Waals surface area contributed by atoms with Gasteiger partial charge in [0.05, 0.1) is 6.54 Å². The molecule has 0 unspecified atom stereocenters. The van der Waals surface area contributed by atoms with Crippen molar-refractivity contribution < 1.29 is 4.52 Å². The number of benzene rings is 1. The highest BCUT2D eigenvalue weighted by molar-refractivity contribution is 5.18. The van der Waals surface area contributed by atoms with E-state index < -0.39 is 0 Å². The SMILES string of the molecule is c1ccc(Cc2noc(CNCC3CCCCC3)n2)cc1. The number of aromatic nitrogens is 2. The summed E-state index contributed by atoms with van der Waals surface area (Å²) in [6.07, 6.45) is 7.62. The Kier molecular flexibility index (Phi) is 5.00. The minimum atomic E-state index is 0.679. The molecular weight excluding hydrogens is 262 g/mol. The maximum atomic E-state index is 5.30. The van der Waals surface area contributed by atoms with Crippen molar-refractivity contribution in [3.8, 4) is 0 Å². The van der Waals surface area contributed by atoms with Gasteiger partial charge < -0.3 is 9.84 Å². The molecule has 0 spiro atoms. The predicted octanol–water partition coefficient (Wildman–Crippen LogP) is 3.33. The Hall–Kier alpha value is -1.68. The van der Waals surface area contributed by atoms with Crippen molar-refractivity contribution in [3.63, 3.8) is 0 Å². The Morgan fingerprint density at radius 2 is 1.90 bits per heavy atom. The lowest BCUT2D eigenvalue weighted by Gasteiger charge is -2.21. The van der Waals surface area contributed by atoms with Gasteiger partial charge >= 0.3 is 0 Å². The van der Waals surface area contributed by atoms with Gasteiger partial charge in [-0.25, -0.2) is 0 Å². The highest BCUT2D eigenvalue weighted by atomic mass is 16.5. The molecule has 2 aromatic rings. The molecule has 3 rings (SSSR count). The van der Waals surface area contributed by atoms with Crippen LogP contribution in [0.15, 0.2) is 34.9 Å². The second-order valence-corrected chi connectivity index (χ2v) is 5.90. The van der Waals surface area contributed by atoms with Gasteiger partial charge in [-0.05, 0) is 30.9 Å². The van der Waals surface area contributed by atoms with Crippen LogP contribution in [0.2, 0.25) is 0 Å². The fourth-order valence-electron chi connectivity index (χ4n) is 2.99. The average Bonchev–Trinajstić information content (AvgIpc) is 2.97. The van der Waals surface area contributed by atoms with Crippen molar-refractivity contribution in [2.45, 2.75) is 45.1 Å². The number of rotatable bonds is 6. The summed E-state index contributed by atoms with van der Waals surface area (Å²) in [5, 5.41) is 7.50. The van der Waals surface area contributed by atoms with Crippen LogP contribution < -0.4 is 5.32 Å². The van der Waals surface area contributed by atoms with Crippen molar-refractivity contribution in [3.05, 3.63) is 47.6 Å². The van der Waals surface area contributed by atoms with Gasteiger partial charge in [0.15, 0.2) is 5.82 Å². The van der Waals surface area contributed by atoms with E-state index in [1.165, 1.54) is 37.7 Å². The molecule has 0 amide bonds. The first-order valence-electron chi connectivity index (χ1n) is 7.96. The molecule has 0 saturated heterocycles. The Labute approximate surface area is 126 Å². The summed E-state index contributed by atoms with van der Waals surface area (Å²) in [6, 6.07) is 10.2. The van der Waals surface area contributed by atoms with E-state index in [4.69, 9.17) is 4.52 Å². The van der Waals surface area contributed by atoms with E-state index >= 15 is 0 Å². The van der Waals surface area contributed by atoms with Crippen LogP contribution in [0.3, 0.4) is 0 Å². The van der Waals surface area contributed by atoms with Gasteiger partial charge in [-0.15, -0.1) is 0 Å². The van der Waals surface area contributed by atoms with E-state index in [2.05, 4.69) is 27.6 Å². The molecule has 1 N–H and O–H groups in total. The summed E-state index contributed by atoms with van der Waals surface area (Å²) < 4.78 is 5.30. The molecule has 1 aromatic carbocycles. The minimum absolute atomic E-state index is 0.679. The van der Waals surface area contributed by atoms with E-state index in [1.807, 2.05) is 18.2 Å². The lowest BCUT2D eigenvalue weighted by Crippen LogP contribution is -2.24. The molecule has 0 bridgehead atoms. The molecule has 1 aliphatic rings. The van der Waals surface area contributed by atoms with Gasteiger partial charge in [0.25, 0.3) is 0 Å². The summed E-state index contributed by atoms with van der Waals surface area (Å²) >= 11 is 0. The van der Waals surface area contributed by atoms with E-state index in [1.54, 1.807) is 0 Å². The van der Waals surface area contributed by atoms with Crippen LogP contribution in [-0.2, 0) is 13.0 Å². The lowest BCUT2D eigenvalue weighted by molar-refractivity contribution is 0.323. The Morgan fingerprint density at radius 3 is 2.71 bits per heavy atom. The summed E-state index contributed by atoms with van der Waals surface area (Å²) in [6.45, 7) is 1.74. The molecule has 112 valence electrons. The molecular formula is C17H23N3O. The quantitative estimate of drug-likeness (QED) is 0.884. The van der Waals surface area contributed by atoms with Gasteiger partial charge in [-0.1, -0.05) is 54.8 Å². The largest absolute Gasteiger partial charge is 0.338 e. The van der Waals surface area contributed by atoms with Crippen LogP contribution in [-0.4, -0.2) is 16.7 Å².